The van der Waals surface area contributed by atoms with Crippen molar-refractivity contribution in [2.75, 3.05) is 79.3 Å². The van der Waals surface area contributed by atoms with Crippen LogP contribution < -0.4 is 4.74 Å². The van der Waals surface area contributed by atoms with E-state index in [1.54, 1.807) is 12.1 Å². The summed E-state index contributed by atoms with van der Waals surface area (Å²) in [4.78, 5) is 0.134. The third-order valence-corrected chi connectivity index (χ3v) is 5.83. The molecule has 35 heavy (non-hydrogen) atoms. The Balaban J connectivity index is 1.28. The third-order valence-electron chi connectivity index (χ3n) is 4.50. The molecule has 10 heteroatoms. The zero-order valence-corrected chi connectivity index (χ0v) is 21.1. The predicted octanol–water partition coefficient (Wildman–Crippen LogP) is 2.86. The Morgan fingerprint density at radius 1 is 0.543 bits per heavy atom. The van der Waals surface area contributed by atoms with Gasteiger partial charge in [0.2, 0.25) is 0 Å². The van der Waals surface area contributed by atoms with Crippen LogP contribution in [-0.2, 0) is 38.0 Å². The Bertz CT molecular complexity index is 874. The summed E-state index contributed by atoms with van der Waals surface area (Å²) in [6.45, 7) is 6.59. The second kappa shape index (κ2) is 18.3. The lowest BCUT2D eigenvalue weighted by molar-refractivity contribution is -0.0140. The fourth-order valence-corrected chi connectivity index (χ4v) is 3.59. The smallest absolute Gasteiger partial charge is 0.297 e. The van der Waals surface area contributed by atoms with Crippen LogP contribution in [0.4, 0.5) is 0 Å². The van der Waals surface area contributed by atoms with Crippen LogP contribution in [0.2, 0.25) is 0 Å². The molecular formula is C25H36O9S. The summed E-state index contributed by atoms with van der Waals surface area (Å²) in [5.41, 5.74) is 0.980. The van der Waals surface area contributed by atoms with Gasteiger partial charge in [0.05, 0.1) is 77.6 Å². The molecule has 196 valence electrons. The molecule has 0 fully saturated rings. The van der Waals surface area contributed by atoms with Crippen LogP contribution in [0.15, 0.2) is 59.5 Å². The highest BCUT2D eigenvalue weighted by Gasteiger charge is 2.14. The van der Waals surface area contributed by atoms with Gasteiger partial charge in [0.1, 0.15) is 12.4 Å². The molecule has 0 radical (unpaired) electrons. The molecule has 0 atom stereocenters. The van der Waals surface area contributed by atoms with E-state index in [1.165, 1.54) is 12.1 Å². The molecule has 0 saturated heterocycles. The van der Waals surface area contributed by atoms with Crippen molar-refractivity contribution in [2.45, 2.75) is 11.8 Å². The van der Waals surface area contributed by atoms with E-state index in [-0.39, 0.29) is 18.1 Å². The molecule has 0 saturated carbocycles. The van der Waals surface area contributed by atoms with E-state index >= 15 is 0 Å². The molecule has 0 spiro atoms. The van der Waals surface area contributed by atoms with Gasteiger partial charge in [-0.2, -0.15) is 8.42 Å². The molecule has 0 N–H and O–H groups in total. The van der Waals surface area contributed by atoms with Crippen molar-refractivity contribution >= 4 is 10.1 Å². The first-order valence-corrected chi connectivity index (χ1v) is 13.0. The number of aryl methyl sites for hydroxylation is 1. The SMILES string of the molecule is Cc1ccc(S(=O)(=O)OCCOCCOCCOCCOCCOCCOc2ccccc2)cc1. The van der Waals surface area contributed by atoms with Gasteiger partial charge in [-0.3, -0.25) is 4.18 Å². The van der Waals surface area contributed by atoms with E-state index in [4.69, 9.17) is 32.6 Å². The van der Waals surface area contributed by atoms with E-state index in [0.29, 0.717) is 66.1 Å². The maximum atomic E-state index is 12.0. The summed E-state index contributed by atoms with van der Waals surface area (Å²) in [5.74, 6) is 0.831. The molecule has 0 unspecified atom stereocenters. The average Bonchev–Trinajstić information content (AvgIpc) is 2.86. The molecular weight excluding hydrogens is 476 g/mol. The zero-order chi connectivity index (χ0) is 25.0. The van der Waals surface area contributed by atoms with Crippen LogP contribution in [0.3, 0.4) is 0 Å². The van der Waals surface area contributed by atoms with Crippen molar-refractivity contribution in [3.05, 3.63) is 60.2 Å². The highest BCUT2D eigenvalue weighted by Crippen LogP contribution is 2.13. The molecule has 0 aromatic heterocycles. The third kappa shape index (κ3) is 14.2. The molecule has 2 aromatic carbocycles. The highest BCUT2D eigenvalue weighted by atomic mass is 32.2. The summed E-state index contributed by atoms with van der Waals surface area (Å²) in [7, 11) is -3.76. The maximum Gasteiger partial charge on any atom is 0.297 e. The molecule has 0 bridgehead atoms. The topological polar surface area (TPSA) is 98.8 Å². The number of benzene rings is 2. The summed E-state index contributed by atoms with van der Waals surface area (Å²) in [5, 5.41) is 0. The quantitative estimate of drug-likeness (QED) is 0.185. The van der Waals surface area contributed by atoms with Crippen molar-refractivity contribution < 1.29 is 41.0 Å². The van der Waals surface area contributed by atoms with Gasteiger partial charge in [-0.15, -0.1) is 0 Å². The van der Waals surface area contributed by atoms with Crippen molar-refractivity contribution in [1.82, 2.24) is 0 Å². The minimum absolute atomic E-state index is 0.0498. The lowest BCUT2D eigenvalue weighted by atomic mass is 10.2. The average molecular weight is 513 g/mol. The number of ether oxygens (including phenoxy) is 6. The number of hydrogen-bond donors (Lipinski definition) is 0. The molecule has 2 aromatic rings. The molecule has 0 heterocycles. The van der Waals surface area contributed by atoms with Crippen LogP contribution in [0.5, 0.6) is 5.75 Å². The number of para-hydroxylation sites is 1. The minimum atomic E-state index is -3.76. The Morgan fingerprint density at radius 2 is 0.971 bits per heavy atom. The minimum Gasteiger partial charge on any atom is -0.491 e. The second-order valence-corrected chi connectivity index (χ2v) is 8.93. The Hall–Kier alpha value is -2.05. The van der Waals surface area contributed by atoms with Crippen LogP contribution in [0.25, 0.3) is 0 Å². The molecule has 0 amide bonds. The van der Waals surface area contributed by atoms with Crippen LogP contribution >= 0.6 is 0 Å². The van der Waals surface area contributed by atoms with Gasteiger partial charge in [0, 0.05) is 0 Å². The van der Waals surface area contributed by atoms with Gasteiger partial charge in [-0.25, -0.2) is 0 Å². The van der Waals surface area contributed by atoms with E-state index in [9.17, 15) is 8.42 Å². The predicted molar refractivity (Wildman–Crippen MR) is 130 cm³/mol. The van der Waals surface area contributed by atoms with E-state index in [1.807, 2.05) is 37.3 Å². The lowest BCUT2D eigenvalue weighted by Gasteiger charge is -2.09. The van der Waals surface area contributed by atoms with Gasteiger partial charge in [-0.1, -0.05) is 35.9 Å². The van der Waals surface area contributed by atoms with Gasteiger partial charge in [0.15, 0.2) is 0 Å². The summed E-state index contributed by atoms with van der Waals surface area (Å²) in [6, 6.07) is 16.1. The Labute approximate surface area is 208 Å². The molecule has 0 aliphatic carbocycles. The standard InChI is InChI=1S/C25H36O9S/c1-23-7-9-25(10-8-23)35(26,27)34-22-20-32-18-16-30-14-12-28-11-13-29-15-17-31-19-21-33-24-5-3-2-4-6-24/h2-10H,11-22H2,1H3. The Kier molecular flexibility index (Phi) is 15.2. The normalized spacial score (nSPS) is 11.6. The first-order valence-electron chi connectivity index (χ1n) is 11.6. The van der Waals surface area contributed by atoms with Gasteiger partial charge in [0.25, 0.3) is 10.1 Å². The first kappa shape index (κ1) is 29.2. The molecule has 0 aliphatic heterocycles. The van der Waals surface area contributed by atoms with Crippen LogP contribution in [0.1, 0.15) is 5.56 Å². The van der Waals surface area contributed by atoms with Crippen molar-refractivity contribution in [3.8, 4) is 5.75 Å². The monoisotopic (exact) mass is 512 g/mol. The second-order valence-electron chi connectivity index (χ2n) is 7.31. The van der Waals surface area contributed by atoms with Crippen molar-refractivity contribution in [2.24, 2.45) is 0 Å². The van der Waals surface area contributed by atoms with E-state index in [2.05, 4.69) is 0 Å². The van der Waals surface area contributed by atoms with Crippen LogP contribution in [-0.4, -0.2) is 87.7 Å². The number of hydrogen-bond acceptors (Lipinski definition) is 9. The number of rotatable bonds is 21. The summed E-state index contributed by atoms with van der Waals surface area (Å²) < 4.78 is 61.5. The van der Waals surface area contributed by atoms with Gasteiger partial charge >= 0.3 is 0 Å². The summed E-state index contributed by atoms with van der Waals surface area (Å²) >= 11 is 0. The maximum absolute atomic E-state index is 12.0. The van der Waals surface area contributed by atoms with Gasteiger partial charge < -0.3 is 28.4 Å². The van der Waals surface area contributed by atoms with Gasteiger partial charge in [-0.05, 0) is 31.2 Å². The molecule has 2 rings (SSSR count). The largest absolute Gasteiger partial charge is 0.491 e. The fourth-order valence-electron chi connectivity index (χ4n) is 2.69. The fraction of sp³-hybridized carbons (Fsp3) is 0.520. The Morgan fingerprint density at radius 3 is 1.46 bits per heavy atom. The molecule has 9 nitrogen and oxygen atoms in total. The highest BCUT2D eigenvalue weighted by molar-refractivity contribution is 7.86. The lowest BCUT2D eigenvalue weighted by Crippen LogP contribution is -2.15. The van der Waals surface area contributed by atoms with Crippen molar-refractivity contribution in [1.29, 1.82) is 0 Å². The van der Waals surface area contributed by atoms with Crippen molar-refractivity contribution in [3.63, 3.8) is 0 Å². The van der Waals surface area contributed by atoms with Crippen LogP contribution in [0, 0.1) is 6.92 Å². The molecule has 0 aliphatic rings. The van der Waals surface area contributed by atoms with E-state index in [0.717, 1.165) is 11.3 Å². The first-order chi connectivity index (χ1) is 17.1. The van der Waals surface area contributed by atoms with E-state index < -0.39 is 10.1 Å². The summed E-state index contributed by atoms with van der Waals surface area (Å²) in [6.07, 6.45) is 0. The zero-order valence-electron chi connectivity index (χ0n) is 20.3.